The molecule has 0 heterocycles. The van der Waals surface area contributed by atoms with Crippen LogP contribution in [0.4, 0.5) is 0 Å². The molecule has 4 nitrogen and oxygen atoms in total. The fraction of sp³-hybridized carbons (Fsp3) is 0.462. The summed E-state index contributed by atoms with van der Waals surface area (Å²) in [6.07, 6.45) is 4.27. The first-order chi connectivity index (χ1) is 8.55. The number of rotatable bonds is 3. The van der Waals surface area contributed by atoms with Crippen LogP contribution in [0.3, 0.4) is 0 Å². The summed E-state index contributed by atoms with van der Waals surface area (Å²) < 4.78 is 25.4. The highest BCUT2D eigenvalue weighted by Gasteiger charge is 2.22. The van der Waals surface area contributed by atoms with Gasteiger partial charge in [0.25, 0.3) is 0 Å². The van der Waals surface area contributed by atoms with Crippen LogP contribution in [0.15, 0.2) is 23.1 Å². The number of sulfonamides is 1. The molecule has 0 aromatic heterocycles. The van der Waals surface area contributed by atoms with Crippen LogP contribution in [0.2, 0.25) is 0 Å². The highest BCUT2D eigenvalue weighted by molar-refractivity contribution is 7.89. The van der Waals surface area contributed by atoms with Crippen LogP contribution in [-0.4, -0.2) is 26.3 Å². The Morgan fingerprint density at radius 3 is 2.61 bits per heavy atom. The largest absolute Gasteiger partial charge is 0.243 e. The molecule has 0 atom stereocenters. The third-order valence-electron chi connectivity index (χ3n) is 3.32. The number of aryl methyl sites for hydroxylation is 2. The first-order valence-electron chi connectivity index (χ1n) is 6.01. The first kappa shape index (κ1) is 13.1. The maximum atomic E-state index is 12.2. The molecule has 2 rings (SSSR count). The summed E-state index contributed by atoms with van der Waals surface area (Å²) in [5.74, 6) is 0. The molecule has 1 aliphatic rings. The van der Waals surface area contributed by atoms with Gasteiger partial charge >= 0.3 is 0 Å². The van der Waals surface area contributed by atoms with Crippen molar-refractivity contribution in [3.8, 4) is 6.07 Å². The van der Waals surface area contributed by atoms with Crippen LogP contribution in [0.25, 0.3) is 0 Å². The molecule has 0 spiro atoms. The van der Waals surface area contributed by atoms with Crippen molar-refractivity contribution in [1.82, 2.24) is 4.31 Å². The van der Waals surface area contributed by atoms with Crippen molar-refractivity contribution >= 4 is 10.0 Å². The molecule has 1 aromatic rings. The van der Waals surface area contributed by atoms with Crippen LogP contribution in [-0.2, 0) is 22.9 Å². The second-order valence-electron chi connectivity index (χ2n) is 4.56. The number of hydrogen-bond acceptors (Lipinski definition) is 3. The summed E-state index contributed by atoms with van der Waals surface area (Å²) in [5, 5.41) is 8.58. The molecule has 18 heavy (non-hydrogen) atoms. The van der Waals surface area contributed by atoms with E-state index in [4.69, 9.17) is 5.26 Å². The zero-order chi connectivity index (χ0) is 13.2. The maximum Gasteiger partial charge on any atom is 0.243 e. The van der Waals surface area contributed by atoms with Crippen molar-refractivity contribution in [2.75, 3.05) is 13.6 Å². The lowest BCUT2D eigenvalue weighted by molar-refractivity contribution is 0.501. The van der Waals surface area contributed by atoms with E-state index in [9.17, 15) is 8.42 Å². The van der Waals surface area contributed by atoms with Crippen LogP contribution in [0, 0.1) is 11.3 Å². The Hall–Kier alpha value is -1.38. The molecule has 96 valence electrons. The Bertz CT molecular complexity index is 587. The van der Waals surface area contributed by atoms with Crippen molar-refractivity contribution in [1.29, 1.82) is 5.26 Å². The summed E-state index contributed by atoms with van der Waals surface area (Å²) in [7, 11) is -2.10. The standard InChI is InChI=1S/C13H16N2O2S/c1-15(9-8-14)18(16,17)13-7-6-11-4-2-3-5-12(11)10-13/h6-7,10H,2-5,9H2,1H3. The summed E-state index contributed by atoms with van der Waals surface area (Å²) in [4.78, 5) is 0.293. The minimum atomic E-state index is -3.52. The SMILES string of the molecule is CN(CC#N)S(=O)(=O)c1ccc2c(c1)CCCC2. The molecular weight excluding hydrogens is 248 g/mol. The predicted octanol–water partition coefficient (Wildman–Crippen LogP) is 1.71. The van der Waals surface area contributed by atoms with Crippen LogP contribution >= 0.6 is 0 Å². The number of hydrogen-bond donors (Lipinski definition) is 0. The number of nitrogens with zero attached hydrogens (tertiary/aromatic N) is 2. The highest BCUT2D eigenvalue weighted by Crippen LogP contribution is 2.25. The first-order valence-corrected chi connectivity index (χ1v) is 7.45. The summed E-state index contributed by atoms with van der Waals surface area (Å²) in [6.45, 7) is -0.126. The van der Waals surface area contributed by atoms with E-state index in [1.54, 1.807) is 12.1 Å². The van der Waals surface area contributed by atoms with E-state index in [-0.39, 0.29) is 6.54 Å². The van der Waals surface area contributed by atoms with Gasteiger partial charge in [-0.25, -0.2) is 8.42 Å². The van der Waals surface area contributed by atoms with E-state index in [0.29, 0.717) is 4.90 Å². The van der Waals surface area contributed by atoms with Crippen molar-refractivity contribution in [2.24, 2.45) is 0 Å². The smallest absolute Gasteiger partial charge is 0.207 e. The average molecular weight is 264 g/mol. The summed E-state index contributed by atoms with van der Waals surface area (Å²) in [5.41, 5.74) is 2.39. The van der Waals surface area contributed by atoms with Gasteiger partial charge in [0.05, 0.1) is 11.0 Å². The Balaban J connectivity index is 2.37. The van der Waals surface area contributed by atoms with Gasteiger partial charge in [0.15, 0.2) is 0 Å². The second kappa shape index (κ2) is 5.09. The topological polar surface area (TPSA) is 61.2 Å². The van der Waals surface area contributed by atoms with Gasteiger partial charge in [-0.3, -0.25) is 0 Å². The van der Waals surface area contributed by atoms with E-state index in [2.05, 4.69) is 0 Å². The van der Waals surface area contributed by atoms with Gasteiger partial charge in [0.1, 0.15) is 6.54 Å². The zero-order valence-electron chi connectivity index (χ0n) is 10.4. The Kier molecular flexibility index (Phi) is 3.69. The van der Waals surface area contributed by atoms with Crippen molar-refractivity contribution < 1.29 is 8.42 Å². The third-order valence-corrected chi connectivity index (χ3v) is 5.12. The molecule has 0 radical (unpaired) electrons. The third kappa shape index (κ3) is 2.40. The average Bonchev–Trinajstić information content (AvgIpc) is 2.38. The lowest BCUT2D eigenvalue weighted by Gasteiger charge is -2.18. The molecule has 0 bridgehead atoms. The fourth-order valence-corrected chi connectivity index (χ4v) is 3.35. The van der Waals surface area contributed by atoms with Gasteiger partial charge < -0.3 is 0 Å². The minimum absolute atomic E-state index is 0.126. The van der Waals surface area contributed by atoms with Crippen LogP contribution in [0.1, 0.15) is 24.0 Å². The molecule has 0 fully saturated rings. The predicted molar refractivity (Wildman–Crippen MR) is 68.5 cm³/mol. The molecule has 1 aromatic carbocycles. The van der Waals surface area contributed by atoms with Gasteiger partial charge in [-0.1, -0.05) is 6.07 Å². The zero-order valence-corrected chi connectivity index (χ0v) is 11.2. The molecular formula is C13H16N2O2S. The molecule has 0 amide bonds. The van der Waals surface area contributed by atoms with Gasteiger partial charge in [-0.15, -0.1) is 0 Å². The summed E-state index contributed by atoms with van der Waals surface area (Å²) in [6, 6.07) is 7.16. The lowest BCUT2D eigenvalue weighted by Crippen LogP contribution is -2.27. The highest BCUT2D eigenvalue weighted by atomic mass is 32.2. The quantitative estimate of drug-likeness (QED) is 0.781. The van der Waals surface area contributed by atoms with Crippen molar-refractivity contribution in [2.45, 2.75) is 30.6 Å². The molecule has 1 aliphatic carbocycles. The van der Waals surface area contributed by atoms with Gasteiger partial charge in [-0.2, -0.15) is 9.57 Å². The van der Waals surface area contributed by atoms with Crippen molar-refractivity contribution in [3.63, 3.8) is 0 Å². The maximum absolute atomic E-state index is 12.2. The van der Waals surface area contributed by atoms with E-state index in [0.717, 1.165) is 29.1 Å². The monoisotopic (exact) mass is 264 g/mol. The molecule has 0 saturated carbocycles. The fourth-order valence-electron chi connectivity index (χ4n) is 2.23. The normalized spacial score (nSPS) is 15.2. The molecule has 0 aliphatic heterocycles. The number of fused-ring (bicyclic) bond motifs is 1. The Morgan fingerprint density at radius 2 is 1.94 bits per heavy atom. The van der Waals surface area contributed by atoms with E-state index < -0.39 is 10.0 Å². The lowest BCUT2D eigenvalue weighted by atomic mass is 9.92. The molecule has 0 N–H and O–H groups in total. The van der Waals surface area contributed by atoms with Crippen LogP contribution < -0.4 is 0 Å². The summed E-state index contributed by atoms with van der Waals surface area (Å²) >= 11 is 0. The molecule has 0 saturated heterocycles. The van der Waals surface area contributed by atoms with Crippen LogP contribution in [0.5, 0.6) is 0 Å². The van der Waals surface area contributed by atoms with Crippen molar-refractivity contribution in [3.05, 3.63) is 29.3 Å². The number of benzene rings is 1. The molecule has 0 unspecified atom stereocenters. The molecule has 5 heteroatoms. The Morgan fingerprint density at radius 1 is 1.28 bits per heavy atom. The van der Waals surface area contributed by atoms with E-state index >= 15 is 0 Å². The minimum Gasteiger partial charge on any atom is -0.207 e. The van der Waals surface area contributed by atoms with E-state index in [1.807, 2.05) is 12.1 Å². The number of nitriles is 1. The van der Waals surface area contributed by atoms with Gasteiger partial charge in [-0.05, 0) is 48.9 Å². The van der Waals surface area contributed by atoms with Gasteiger partial charge in [0.2, 0.25) is 10.0 Å². The van der Waals surface area contributed by atoms with Gasteiger partial charge in [0, 0.05) is 7.05 Å². The Labute approximate surface area is 108 Å². The van der Waals surface area contributed by atoms with E-state index in [1.165, 1.54) is 19.0 Å². The second-order valence-corrected chi connectivity index (χ2v) is 6.60.